The zero-order chi connectivity index (χ0) is 19.7. The Balaban J connectivity index is 1.68. The predicted molar refractivity (Wildman–Crippen MR) is 103 cm³/mol. The van der Waals surface area contributed by atoms with E-state index in [4.69, 9.17) is 5.73 Å². The average Bonchev–Trinajstić information content (AvgIpc) is 3.06. The van der Waals surface area contributed by atoms with Gasteiger partial charge in [-0.3, -0.25) is 0 Å². The Bertz CT molecular complexity index is 1140. The van der Waals surface area contributed by atoms with Crippen LogP contribution in [0.25, 0.3) is 16.9 Å². The van der Waals surface area contributed by atoms with Crippen molar-refractivity contribution in [3.05, 3.63) is 66.0 Å². The van der Waals surface area contributed by atoms with Crippen LogP contribution in [-0.4, -0.2) is 36.1 Å². The highest BCUT2D eigenvalue weighted by Gasteiger charge is 2.15. The van der Waals surface area contributed by atoms with Crippen LogP contribution in [0.3, 0.4) is 0 Å². The van der Waals surface area contributed by atoms with E-state index >= 15 is 0 Å². The van der Waals surface area contributed by atoms with Crippen molar-refractivity contribution in [1.29, 1.82) is 0 Å². The van der Waals surface area contributed by atoms with Gasteiger partial charge < -0.3 is 20.6 Å². The van der Waals surface area contributed by atoms with Crippen molar-refractivity contribution >= 4 is 17.4 Å². The number of aryl methyl sites for hydroxylation is 1. The summed E-state index contributed by atoms with van der Waals surface area (Å²) >= 11 is 0. The minimum atomic E-state index is -0.594. The number of aliphatic hydroxyl groups excluding tert-OH is 1. The van der Waals surface area contributed by atoms with Gasteiger partial charge in [0.2, 0.25) is 11.9 Å². The van der Waals surface area contributed by atoms with Gasteiger partial charge in [-0.2, -0.15) is 15.0 Å². The number of pyridine rings is 1. The molecular weight excluding hydrogens is 361 g/mol. The predicted octanol–water partition coefficient (Wildman–Crippen LogP) is 2.36. The monoisotopic (exact) mass is 379 g/mol. The van der Waals surface area contributed by atoms with Gasteiger partial charge in [0.15, 0.2) is 5.82 Å². The molecule has 0 aliphatic rings. The number of hydrogen-bond acceptors (Lipinski definition) is 7. The summed E-state index contributed by atoms with van der Waals surface area (Å²) < 4.78 is 15.4. The lowest BCUT2D eigenvalue weighted by atomic mass is 10.1. The Morgan fingerprint density at radius 2 is 2.07 bits per heavy atom. The molecule has 0 saturated carbocycles. The first-order valence-electron chi connectivity index (χ1n) is 8.62. The summed E-state index contributed by atoms with van der Waals surface area (Å²) in [4.78, 5) is 17.0. The minimum absolute atomic E-state index is 0.0332. The highest BCUT2D eigenvalue weighted by atomic mass is 19.1. The number of aromatic nitrogens is 5. The fraction of sp³-hybridized carbons (Fsp3) is 0.158. The zero-order valence-electron chi connectivity index (χ0n) is 15.0. The fourth-order valence-electron chi connectivity index (χ4n) is 2.95. The van der Waals surface area contributed by atoms with Crippen molar-refractivity contribution in [2.45, 2.75) is 13.0 Å². The first-order chi connectivity index (χ1) is 13.5. The summed E-state index contributed by atoms with van der Waals surface area (Å²) in [5.74, 6) is 1.04. The third-order valence-corrected chi connectivity index (χ3v) is 4.36. The van der Waals surface area contributed by atoms with E-state index in [9.17, 15) is 9.50 Å². The third-order valence-electron chi connectivity index (χ3n) is 4.36. The molecule has 4 aromatic rings. The molecule has 0 saturated heterocycles. The molecule has 28 heavy (non-hydrogen) atoms. The molecule has 0 amide bonds. The maximum atomic E-state index is 13.5. The molecule has 0 unspecified atom stereocenters. The van der Waals surface area contributed by atoms with E-state index in [-0.39, 0.29) is 18.5 Å². The number of nitrogens with two attached hydrogens (primary N) is 1. The smallest absolute Gasteiger partial charge is 0.228 e. The lowest BCUT2D eigenvalue weighted by Gasteiger charge is -2.17. The first kappa shape index (κ1) is 17.8. The van der Waals surface area contributed by atoms with Gasteiger partial charge >= 0.3 is 0 Å². The van der Waals surface area contributed by atoms with Crippen molar-refractivity contribution in [3.63, 3.8) is 0 Å². The van der Waals surface area contributed by atoms with Gasteiger partial charge in [-0.25, -0.2) is 9.37 Å². The summed E-state index contributed by atoms with van der Waals surface area (Å²) in [5, 5.41) is 12.7. The zero-order valence-corrected chi connectivity index (χ0v) is 15.0. The van der Waals surface area contributed by atoms with Crippen LogP contribution in [0.15, 0.2) is 48.8 Å². The van der Waals surface area contributed by atoms with E-state index in [0.29, 0.717) is 11.4 Å². The van der Waals surface area contributed by atoms with E-state index in [0.717, 1.165) is 16.9 Å². The highest BCUT2D eigenvalue weighted by molar-refractivity contribution is 5.61. The summed E-state index contributed by atoms with van der Waals surface area (Å²) in [5.41, 5.74) is 8.11. The van der Waals surface area contributed by atoms with Gasteiger partial charge in [-0.1, -0.05) is 12.1 Å². The standard InChI is InChI=1S/C19H18FN7O/c1-11-22-8-15-6-5-13(9-27(11)15)17-24-18(21)26-19(25-17)23-16(10-28)12-3-2-4-14(20)7-12/h2-9,16,28H,10H2,1H3,(H3,21,23,24,25,26)/t16-/m0/s1. The molecule has 0 fully saturated rings. The van der Waals surface area contributed by atoms with Gasteiger partial charge in [-0.15, -0.1) is 0 Å². The number of fused-ring (bicyclic) bond motifs is 1. The second kappa shape index (κ2) is 7.20. The molecule has 1 atom stereocenters. The van der Waals surface area contributed by atoms with Crippen LogP contribution >= 0.6 is 0 Å². The molecule has 9 heteroatoms. The number of halogens is 1. The second-order valence-corrected chi connectivity index (χ2v) is 6.29. The molecule has 142 valence electrons. The molecule has 0 bridgehead atoms. The number of hydrogen-bond donors (Lipinski definition) is 3. The van der Waals surface area contributed by atoms with Crippen LogP contribution in [0.1, 0.15) is 17.4 Å². The Morgan fingerprint density at radius 1 is 1.21 bits per heavy atom. The van der Waals surface area contributed by atoms with Crippen LogP contribution in [0, 0.1) is 12.7 Å². The molecule has 0 aliphatic carbocycles. The van der Waals surface area contributed by atoms with Crippen molar-refractivity contribution < 1.29 is 9.50 Å². The normalized spacial score (nSPS) is 12.2. The number of imidazole rings is 1. The number of aliphatic hydroxyl groups is 1. The SMILES string of the molecule is Cc1ncc2ccc(-c3nc(N)nc(N[C@@H](CO)c4cccc(F)c4)n3)cn12. The maximum Gasteiger partial charge on any atom is 0.228 e. The minimum Gasteiger partial charge on any atom is -0.394 e. The first-order valence-corrected chi connectivity index (χ1v) is 8.62. The summed E-state index contributed by atoms with van der Waals surface area (Å²) in [6, 6.07) is 9.14. The molecule has 0 aliphatic heterocycles. The fourth-order valence-corrected chi connectivity index (χ4v) is 2.95. The molecule has 0 spiro atoms. The Morgan fingerprint density at radius 3 is 2.86 bits per heavy atom. The summed E-state index contributed by atoms with van der Waals surface area (Å²) in [7, 11) is 0. The third kappa shape index (κ3) is 3.47. The molecule has 1 aromatic carbocycles. The van der Waals surface area contributed by atoms with Crippen molar-refractivity contribution in [3.8, 4) is 11.4 Å². The highest BCUT2D eigenvalue weighted by Crippen LogP contribution is 2.22. The Labute approximate surface area is 159 Å². The molecule has 3 aromatic heterocycles. The number of nitrogens with one attached hydrogen (secondary N) is 1. The largest absolute Gasteiger partial charge is 0.394 e. The summed E-state index contributed by atoms with van der Waals surface area (Å²) in [6.45, 7) is 1.63. The van der Waals surface area contributed by atoms with Crippen LogP contribution in [0.5, 0.6) is 0 Å². The quantitative estimate of drug-likeness (QED) is 0.488. The van der Waals surface area contributed by atoms with E-state index in [1.807, 2.05) is 29.7 Å². The Hall–Kier alpha value is -3.59. The van der Waals surface area contributed by atoms with Crippen LogP contribution < -0.4 is 11.1 Å². The number of nitrogen functional groups attached to an aromatic ring is 1. The van der Waals surface area contributed by atoms with Crippen LogP contribution in [0.4, 0.5) is 16.3 Å². The van der Waals surface area contributed by atoms with Crippen molar-refractivity contribution in [2.75, 3.05) is 17.7 Å². The average molecular weight is 379 g/mol. The molecule has 3 heterocycles. The number of rotatable bonds is 5. The van der Waals surface area contributed by atoms with Gasteiger partial charge in [0.05, 0.1) is 24.4 Å². The van der Waals surface area contributed by atoms with E-state index in [1.54, 1.807) is 18.3 Å². The molecule has 4 rings (SSSR count). The number of anilines is 2. The summed E-state index contributed by atoms with van der Waals surface area (Å²) in [6.07, 6.45) is 3.64. The maximum absolute atomic E-state index is 13.5. The molecule has 4 N–H and O–H groups in total. The van der Waals surface area contributed by atoms with Crippen LogP contribution in [0.2, 0.25) is 0 Å². The van der Waals surface area contributed by atoms with E-state index in [1.165, 1.54) is 12.1 Å². The van der Waals surface area contributed by atoms with Crippen LogP contribution in [-0.2, 0) is 0 Å². The topological polar surface area (TPSA) is 114 Å². The van der Waals surface area contributed by atoms with Gasteiger partial charge in [-0.05, 0) is 36.8 Å². The molecule has 0 radical (unpaired) electrons. The second-order valence-electron chi connectivity index (χ2n) is 6.29. The van der Waals surface area contributed by atoms with E-state index in [2.05, 4.69) is 25.3 Å². The van der Waals surface area contributed by atoms with Crippen molar-refractivity contribution in [1.82, 2.24) is 24.3 Å². The lowest BCUT2D eigenvalue weighted by molar-refractivity contribution is 0.275. The molecular formula is C19H18FN7O. The van der Waals surface area contributed by atoms with Crippen molar-refractivity contribution in [2.24, 2.45) is 0 Å². The Kier molecular flexibility index (Phi) is 4.58. The lowest BCUT2D eigenvalue weighted by Crippen LogP contribution is -2.18. The van der Waals surface area contributed by atoms with E-state index < -0.39 is 11.9 Å². The molecule has 8 nitrogen and oxygen atoms in total. The van der Waals surface area contributed by atoms with Gasteiger partial charge in [0.1, 0.15) is 11.6 Å². The van der Waals surface area contributed by atoms with Gasteiger partial charge in [0, 0.05) is 11.8 Å². The number of nitrogens with zero attached hydrogens (tertiary/aromatic N) is 5. The van der Waals surface area contributed by atoms with Gasteiger partial charge in [0.25, 0.3) is 0 Å². The number of benzene rings is 1.